The molecule has 138 valence electrons. The Morgan fingerprint density at radius 3 is 2.68 bits per heavy atom. The Bertz CT molecular complexity index is 633. The minimum Gasteiger partial charge on any atom is -0.375 e. The van der Waals surface area contributed by atoms with Crippen molar-refractivity contribution in [1.82, 2.24) is 10.2 Å². The van der Waals surface area contributed by atoms with E-state index in [9.17, 15) is 18.0 Å². The van der Waals surface area contributed by atoms with Gasteiger partial charge in [0.15, 0.2) is 0 Å². The van der Waals surface area contributed by atoms with E-state index in [1.807, 2.05) is 0 Å². The predicted molar refractivity (Wildman–Crippen MR) is 87.3 cm³/mol. The van der Waals surface area contributed by atoms with Crippen molar-refractivity contribution in [2.75, 3.05) is 19.7 Å². The molecular weight excluding hydrogens is 333 g/mol. The highest BCUT2D eigenvalue weighted by Gasteiger charge is 2.40. The number of nitrogens with zero attached hydrogens (tertiary/aromatic N) is 1. The molecule has 2 heterocycles. The van der Waals surface area contributed by atoms with Gasteiger partial charge in [-0.3, -0.25) is 9.69 Å². The highest BCUT2D eigenvalue weighted by atomic mass is 19.4. The van der Waals surface area contributed by atoms with E-state index in [-0.39, 0.29) is 23.8 Å². The van der Waals surface area contributed by atoms with Crippen LogP contribution in [0.5, 0.6) is 0 Å². The van der Waals surface area contributed by atoms with Gasteiger partial charge in [-0.25, -0.2) is 0 Å². The van der Waals surface area contributed by atoms with E-state index in [4.69, 9.17) is 4.74 Å². The number of hydrogen-bond acceptors (Lipinski definition) is 3. The maximum absolute atomic E-state index is 13.1. The van der Waals surface area contributed by atoms with Crippen molar-refractivity contribution in [2.24, 2.45) is 5.92 Å². The first-order chi connectivity index (χ1) is 11.8. The molecule has 0 unspecified atom stereocenters. The molecule has 2 aliphatic heterocycles. The second kappa shape index (κ2) is 6.96. The number of hydrogen-bond donors (Lipinski definition) is 1. The van der Waals surface area contributed by atoms with Crippen LogP contribution in [0.15, 0.2) is 24.3 Å². The number of alkyl halides is 3. The molecule has 25 heavy (non-hydrogen) atoms. The number of benzene rings is 1. The van der Waals surface area contributed by atoms with Crippen molar-refractivity contribution >= 4 is 5.91 Å². The van der Waals surface area contributed by atoms with Crippen LogP contribution in [0.4, 0.5) is 13.2 Å². The second-order valence-corrected chi connectivity index (χ2v) is 7.17. The average molecular weight is 356 g/mol. The van der Waals surface area contributed by atoms with Crippen molar-refractivity contribution in [3.63, 3.8) is 0 Å². The zero-order valence-corrected chi connectivity index (χ0v) is 14.3. The molecule has 0 aromatic heterocycles. The molecule has 3 atom stereocenters. The third-order valence-electron chi connectivity index (χ3n) is 5.00. The van der Waals surface area contributed by atoms with Gasteiger partial charge in [-0.15, -0.1) is 0 Å². The minimum absolute atomic E-state index is 0.159. The van der Waals surface area contributed by atoms with E-state index in [2.05, 4.69) is 24.1 Å². The van der Waals surface area contributed by atoms with E-state index in [0.717, 1.165) is 12.6 Å². The number of carbonyl (C=O) groups is 1. The van der Waals surface area contributed by atoms with Crippen LogP contribution in [0.3, 0.4) is 0 Å². The first-order valence-corrected chi connectivity index (χ1v) is 8.58. The van der Waals surface area contributed by atoms with Crippen LogP contribution >= 0.6 is 0 Å². The fraction of sp³-hybridized carbons (Fsp3) is 0.611. The lowest BCUT2D eigenvalue weighted by molar-refractivity contribution is -0.137. The van der Waals surface area contributed by atoms with Crippen molar-refractivity contribution in [1.29, 1.82) is 0 Å². The van der Waals surface area contributed by atoms with Crippen LogP contribution in [0.2, 0.25) is 0 Å². The Balaban J connectivity index is 1.66. The van der Waals surface area contributed by atoms with Gasteiger partial charge in [0.05, 0.1) is 23.8 Å². The lowest BCUT2D eigenvalue weighted by Crippen LogP contribution is -2.48. The summed E-state index contributed by atoms with van der Waals surface area (Å²) in [5.41, 5.74) is -1.22. The fourth-order valence-corrected chi connectivity index (χ4v) is 3.60. The molecule has 0 radical (unpaired) electrons. The number of carbonyl (C=O) groups excluding carboxylic acids is 1. The van der Waals surface area contributed by atoms with E-state index < -0.39 is 17.6 Å². The highest BCUT2D eigenvalue weighted by molar-refractivity contribution is 5.96. The van der Waals surface area contributed by atoms with E-state index in [1.165, 1.54) is 18.2 Å². The van der Waals surface area contributed by atoms with E-state index in [0.29, 0.717) is 25.5 Å². The van der Waals surface area contributed by atoms with Gasteiger partial charge in [0, 0.05) is 25.2 Å². The number of nitrogens with one attached hydrogen (secondary N) is 1. The zero-order valence-electron chi connectivity index (χ0n) is 14.3. The summed E-state index contributed by atoms with van der Waals surface area (Å²) in [5.74, 6) is -0.257. The van der Waals surface area contributed by atoms with Gasteiger partial charge in [0.25, 0.3) is 5.91 Å². The van der Waals surface area contributed by atoms with Crippen molar-refractivity contribution < 1.29 is 22.7 Å². The van der Waals surface area contributed by atoms with Crippen molar-refractivity contribution in [3.05, 3.63) is 35.4 Å². The normalized spacial score (nSPS) is 27.4. The van der Waals surface area contributed by atoms with Crippen molar-refractivity contribution in [2.45, 2.75) is 44.6 Å². The molecule has 4 nitrogen and oxygen atoms in total. The second-order valence-electron chi connectivity index (χ2n) is 7.17. The molecule has 0 saturated carbocycles. The molecule has 2 saturated heterocycles. The number of amides is 1. The van der Waals surface area contributed by atoms with Crippen LogP contribution in [-0.4, -0.2) is 48.7 Å². The number of rotatable bonds is 3. The Morgan fingerprint density at radius 2 is 2.00 bits per heavy atom. The Morgan fingerprint density at radius 1 is 1.28 bits per heavy atom. The smallest absolute Gasteiger partial charge is 0.375 e. The lowest BCUT2D eigenvalue weighted by atomic mass is 10.0. The van der Waals surface area contributed by atoms with Gasteiger partial charge < -0.3 is 10.1 Å². The van der Waals surface area contributed by atoms with Crippen LogP contribution < -0.4 is 5.32 Å². The zero-order chi connectivity index (χ0) is 18.2. The molecule has 1 aromatic carbocycles. The topological polar surface area (TPSA) is 41.6 Å². The lowest BCUT2D eigenvalue weighted by Gasteiger charge is -2.36. The van der Waals surface area contributed by atoms with Crippen LogP contribution in [0.1, 0.15) is 36.2 Å². The highest BCUT2D eigenvalue weighted by Crippen LogP contribution is 2.32. The summed E-state index contributed by atoms with van der Waals surface area (Å²) in [5, 5.41) is 2.77. The number of fused-ring (bicyclic) bond motifs is 1. The molecule has 0 bridgehead atoms. The molecule has 2 fully saturated rings. The monoisotopic (exact) mass is 356 g/mol. The van der Waals surface area contributed by atoms with Gasteiger partial charge >= 0.3 is 6.18 Å². The summed E-state index contributed by atoms with van der Waals surface area (Å²) < 4.78 is 45.1. The summed E-state index contributed by atoms with van der Waals surface area (Å²) in [4.78, 5) is 14.7. The van der Waals surface area contributed by atoms with Gasteiger partial charge in [-0.2, -0.15) is 13.2 Å². The molecule has 7 heteroatoms. The predicted octanol–water partition coefficient (Wildman–Crippen LogP) is 2.93. The molecule has 0 aliphatic carbocycles. The molecule has 0 spiro atoms. The number of morpholine rings is 1. The summed E-state index contributed by atoms with van der Waals surface area (Å²) in [7, 11) is 0. The quantitative estimate of drug-likeness (QED) is 0.905. The van der Waals surface area contributed by atoms with Crippen LogP contribution in [0, 0.1) is 5.92 Å². The SMILES string of the molecule is CC(C)[C@H]1CN2C[C@H](NC(=O)c3ccccc3C(F)(F)F)C[C@H]2CO1. The molecule has 2 aliphatic rings. The number of ether oxygens (including phenoxy) is 1. The van der Waals surface area contributed by atoms with Gasteiger partial charge in [0.1, 0.15) is 0 Å². The minimum atomic E-state index is -4.54. The Hall–Kier alpha value is -1.60. The average Bonchev–Trinajstić information content (AvgIpc) is 2.95. The fourth-order valence-electron chi connectivity index (χ4n) is 3.60. The largest absolute Gasteiger partial charge is 0.417 e. The van der Waals surface area contributed by atoms with Gasteiger partial charge in [-0.05, 0) is 24.5 Å². The molecule has 1 aromatic rings. The van der Waals surface area contributed by atoms with E-state index >= 15 is 0 Å². The van der Waals surface area contributed by atoms with Gasteiger partial charge in [0.2, 0.25) is 0 Å². The molecule has 1 N–H and O–H groups in total. The first-order valence-electron chi connectivity index (χ1n) is 8.58. The molecular formula is C18H23F3N2O2. The number of halogens is 3. The third kappa shape index (κ3) is 3.98. The molecule has 3 rings (SSSR count). The standard InChI is InChI=1S/C18H23F3N2O2/c1-11(2)16-9-23-8-12(7-13(23)10-25-16)22-17(24)14-5-3-4-6-15(14)18(19,20)21/h3-6,11-13,16H,7-10H2,1-2H3,(H,22,24)/t12-,13+,16-/m1/s1. The van der Waals surface area contributed by atoms with E-state index in [1.54, 1.807) is 0 Å². The maximum Gasteiger partial charge on any atom is 0.417 e. The van der Waals surface area contributed by atoms with Crippen molar-refractivity contribution in [3.8, 4) is 0 Å². The summed E-state index contributed by atoms with van der Waals surface area (Å²) in [6.45, 7) is 6.27. The van der Waals surface area contributed by atoms with Crippen LogP contribution in [0.25, 0.3) is 0 Å². The third-order valence-corrected chi connectivity index (χ3v) is 5.00. The summed E-state index contributed by atoms with van der Waals surface area (Å²) in [6.07, 6.45) is -3.68. The van der Waals surface area contributed by atoms with Gasteiger partial charge in [-0.1, -0.05) is 26.0 Å². The molecule has 1 amide bonds. The maximum atomic E-state index is 13.1. The van der Waals surface area contributed by atoms with Crippen LogP contribution in [-0.2, 0) is 10.9 Å². The summed E-state index contributed by atoms with van der Waals surface area (Å²) >= 11 is 0. The Labute approximate surface area is 145 Å². The first kappa shape index (κ1) is 18.2. The Kier molecular flexibility index (Phi) is 5.06. The summed E-state index contributed by atoms with van der Waals surface area (Å²) in [6, 6.07) is 4.96.